The third-order valence-electron chi connectivity index (χ3n) is 3.05. The van der Waals surface area contributed by atoms with Crippen LogP contribution in [0.2, 0.25) is 0 Å². The molecule has 0 amide bonds. The highest BCUT2D eigenvalue weighted by Crippen LogP contribution is 2.34. The number of halogens is 1. The molecule has 3 rings (SSSR count). The van der Waals surface area contributed by atoms with E-state index in [-0.39, 0.29) is 11.6 Å². The van der Waals surface area contributed by atoms with Gasteiger partial charge in [0.05, 0.1) is 12.8 Å². The highest BCUT2D eigenvalue weighted by Gasteiger charge is 2.09. The van der Waals surface area contributed by atoms with Crippen molar-refractivity contribution in [2.45, 2.75) is 0 Å². The second kappa shape index (κ2) is 5.54. The van der Waals surface area contributed by atoms with Crippen molar-refractivity contribution in [1.29, 1.82) is 0 Å². The molecule has 1 heterocycles. The summed E-state index contributed by atoms with van der Waals surface area (Å²) < 4.78 is 18.3. The molecule has 0 aliphatic carbocycles. The van der Waals surface area contributed by atoms with Gasteiger partial charge in [-0.25, -0.2) is 9.37 Å². The molecular weight excluding hydrogens is 289 g/mol. The van der Waals surface area contributed by atoms with Crippen molar-refractivity contribution in [3.63, 3.8) is 0 Å². The van der Waals surface area contributed by atoms with Gasteiger partial charge in [0, 0.05) is 16.5 Å². The summed E-state index contributed by atoms with van der Waals surface area (Å²) in [7, 11) is 1.50. The van der Waals surface area contributed by atoms with Gasteiger partial charge in [-0.2, -0.15) is 0 Å². The molecule has 0 spiro atoms. The Bertz CT molecular complexity index is 785. The number of aromatic nitrogens is 1. The van der Waals surface area contributed by atoms with Crippen LogP contribution in [0.25, 0.3) is 21.8 Å². The topological polar surface area (TPSA) is 42.4 Å². The first-order chi connectivity index (χ1) is 10.2. The summed E-state index contributed by atoms with van der Waals surface area (Å²) in [6.07, 6.45) is 0. The van der Waals surface area contributed by atoms with E-state index in [1.807, 2.05) is 17.5 Å². The summed E-state index contributed by atoms with van der Waals surface area (Å²) in [6, 6.07) is 11.4. The number of nitrogens with zero attached hydrogens (tertiary/aromatic N) is 1. The van der Waals surface area contributed by atoms with Crippen molar-refractivity contribution < 1.29 is 14.2 Å². The number of benzene rings is 2. The number of thiazole rings is 1. The lowest BCUT2D eigenvalue weighted by atomic mass is 10.1. The summed E-state index contributed by atoms with van der Waals surface area (Å²) >= 11 is 1.43. The van der Waals surface area contributed by atoms with Crippen LogP contribution in [0.15, 0.2) is 47.8 Å². The van der Waals surface area contributed by atoms with Gasteiger partial charge in [-0.3, -0.25) is 0 Å². The summed E-state index contributed by atoms with van der Waals surface area (Å²) in [5.41, 5.74) is 2.26. The molecule has 0 fully saturated rings. The van der Waals surface area contributed by atoms with Crippen LogP contribution in [0.5, 0.6) is 11.5 Å². The first-order valence-corrected chi connectivity index (χ1v) is 7.14. The summed E-state index contributed by atoms with van der Waals surface area (Å²) in [5, 5.41) is 12.4. The van der Waals surface area contributed by atoms with E-state index < -0.39 is 0 Å². The standard InChI is InChI=1S/C16H12FNO2S/c1-20-15-6-5-10(8-14(15)19)13-9-21-16(18-13)11-3-2-4-12(17)7-11/h2-9,19H,1H3. The maximum atomic E-state index is 13.2. The quantitative estimate of drug-likeness (QED) is 0.783. The van der Waals surface area contributed by atoms with E-state index in [1.165, 1.54) is 30.6 Å². The van der Waals surface area contributed by atoms with Crippen LogP contribution >= 0.6 is 11.3 Å². The monoisotopic (exact) mass is 301 g/mol. The lowest BCUT2D eigenvalue weighted by Gasteiger charge is -2.04. The molecule has 1 N–H and O–H groups in total. The lowest BCUT2D eigenvalue weighted by molar-refractivity contribution is 0.373. The molecule has 0 atom stereocenters. The largest absolute Gasteiger partial charge is 0.504 e. The molecule has 106 valence electrons. The number of aromatic hydroxyl groups is 1. The third-order valence-corrected chi connectivity index (χ3v) is 3.94. The Morgan fingerprint density at radius 1 is 1.14 bits per heavy atom. The molecule has 1 aromatic heterocycles. The molecule has 5 heteroatoms. The maximum absolute atomic E-state index is 13.2. The van der Waals surface area contributed by atoms with Gasteiger partial charge in [-0.1, -0.05) is 12.1 Å². The molecule has 0 unspecified atom stereocenters. The van der Waals surface area contributed by atoms with Crippen LogP contribution in [0.4, 0.5) is 4.39 Å². The summed E-state index contributed by atoms with van der Waals surface area (Å²) in [5.74, 6) is 0.195. The number of hydrogen-bond donors (Lipinski definition) is 1. The summed E-state index contributed by atoms with van der Waals surface area (Å²) in [4.78, 5) is 4.49. The van der Waals surface area contributed by atoms with Crippen LogP contribution in [-0.2, 0) is 0 Å². The Balaban J connectivity index is 1.96. The van der Waals surface area contributed by atoms with Crippen LogP contribution in [0.1, 0.15) is 0 Å². The molecule has 3 nitrogen and oxygen atoms in total. The van der Waals surface area contributed by atoms with E-state index in [2.05, 4.69) is 4.98 Å². The first kappa shape index (κ1) is 13.6. The third kappa shape index (κ3) is 2.73. The average Bonchev–Trinajstić information content (AvgIpc) is 2.97. The fourth-order valence-corrected chi connectivity index (χ4v) is 2.84. The van der Waals surface area contributed by atoms with Crippen LogP contribution in [0.3, 0.4) is 0 Å². The van der Waals surface area contributed by atoms with E-state index in [4.69, 9.17) is 4.74 Å². The minimum absolute atomic E-state index is 0.0651. The van der Waals surface area contributed by atoms with Gasteiger partial charge in [0.25, 0.3) is 0 Å². The number of ether oxygens (including phenoxy) is 1. The Hall–Kier alpha value is -2.40. The number of phenols is 1. The fraction of sp³-hybridized carbons (Fsp3) is 0.0625. The molecule has 2 aromatic carbocycles. The van der Waals surface area contributed by atoms with E-state index in [1.54, 1.807) is 18.2 Å². The lowest BCUT2D eigenvalue weighted by Crippen LogP contribution is -1.85. The van der Waals surface area contributed by atoms with Gasteiger partial charge in [0.15, 0.2) is 11.5 Å². The first-order valence-electron chi connectivity index (χ1n) is 6.26. The average molecular weight is 301 g/mol. The molecule has 3 aromatic rings. The van der Waals surface area contributed by atoms with Gasteiger partial charge in [-0.15, -0.1) is 11.3 Å². The van der Waals surface area contributed by atoms with Gasteiger partial charge in [0.2, 0.25) is 0 Å². The van der Waals surface area contributed by atoms with E-state index in [0.29, 0.717) is 5.75 Å². The van der Waals surface area contributed by atoms with Crippen LogP contribution < -0.4 is 4.74 Å². The van der Waals surface area contributed by atoms with Crippen molar-refractivity contribution in [2.24, 2.45) is 0 Å². The van der Waals surface area contributed by atoms with Crippen molar-refractivity contribution in [3.8, 4) is 33.3 Å². The van der Waals surface area contributed by atoms with Crippen LogP contribution in [0, 0.1) is 5.82 Å². The Morgan fingerprint density at radius 2 is 2.00 bits per heavy atom. The molecule has 0 saturated carbocycles. The zero-order valence-electron chi connectivity index (χ0n) is 11.2. The fourth-order valence-electron chi connectivity index (χ4n) is 2.01. The Morgan fingerprint density at radius 3 is 2.71 bits per heavy atom. The smallest absolute Gasteiger partial charge is 0.160 e. The normalized spacial score (nSPS) is 10.6. The highest BCUT2D eigenvalue weighted by molar-refractivity contribution is 7.13. The van der Waals surface area contributed by atoms with Crippen molar-refractivity contribution >= 4 is 11.3 Å². The molecule has 0 aliphatic rings. The molecular formula is C16H12FNO2S. The zero-order valence-corrected chi connectivity index (χ0v) is 12.0. The van der Waals surface area contributed by atoms with Crippen molar-refractivity contribution in [2.75, 3.05) is 7.11 Å². The predicted molar refractivity (Wildman–Crippen MR) is 81.2 cm³/mol. The molecule has 0 aliphatic heterocycles. The SMILES string of the molecule is COc1ccc(-c2csc(-c3cccc(F)c3)n2)cc1O. The number of rotatable bonds is 3. The molecule has 0 bridgehead atoms. The minimum atomic E-state index is -0.286. The zero-order chi connectivity index (χ0) is 14.8. The van der Waals surface area contributed by atoms with Gasteiger partial charge in [0.1, 0.15) is 10.8 Å². The second-order valence-electron chi connectivity index (χ2n) is 4.43. The predicted octanol–water partition coefficient (Wildman–Crippen LogP) is 4.33. The Kier molecular flexibility index (Phi) is 3.58. The Labute approximate surface area is 125 Å². The highest BCUT2D eigenvalue weighted by atomic mass is 32.1. The molecule has 21 heavy (non-hydrogen) atoms. The van der Waals surface area contributed by atoms with E-state index in [9.17, 15) is 9.50 Å². The van der Waals surface area contributed by atoms with Crippen LogP contribution in [-0.4, -0.2) is 17.2 Å². The van der Waals surface area contributed by atoms with Gasteiger partial charge in [-0.05, 0) is 30.3 Å². The molecule has 0 saturated heterocycles. The number of hydrogen-bond acceptors (Lipinski definition) is 4. The van der Waals surface area contributed by atoms with E-state index >= 15 is 0 Å². The van der Waals surface area contributed by atoms with Gasteiger partial charge < -0.3 is 9.84 Å². The maximum Gasteiger partial charge on any atom is 0.160 e. The van der Waals surface area contributed by atoms with Crippen molar-refractivity contribution in [1.82, 2.24) is 4.98 Å². The number of phenolic OH excluding ortho intramolecular Hbond substituents is 1. The summed E-state index contributed by atoms with van der Waals surface area (Å²) in [6.45, 7) is 0. The molecule has 0 radical (unpaired) electrons. The number of methoxy groups -OCH3 is 1. The van der Waals surface area contributed by atoms with Crippen molar-refractivity contribution in [3.05, 3.63) is 53.7 Å². The second-order valence-corrected chi connectivity index (χ2v) is 5.29. The minimum Gasteiger partial charge on any atom is -0.504 e. The van der Waals surface area contributed by atoms with Gasteiger partial charge >= 0.3 is 0 Å². The van der Waals surface area contributed by atoms with E-state index in [0.717, 1.165) is 21.8 Å².